The Morgan fingerprint density at radius 1 is 1.08 bits per heavy atom. The highest BCUT2D eigenvalue weighted by molar-refractivity contribution is 6.32. The van der Waals surface area contributed by atoms with Crippen molar-refractivity contribution in [2.75, 3.05) is 13.2 Å². The molecule has 1 aromatic rings. The average Bonchev–Trinajstić information content (AvgIpc) is 2.42. The fraction of sp³-hybridized carbons (Fsp3) is 0.632. The summed E-state index contributed by atoms with van der Waals surface area (Å²) < 4.78 is 11.3. The summed E-state index contributed by atoms with van der Waals surface area (Å²) in [7, 11) is 0. The largest absolute Gasteiger partial charge is 0.490 e. The van der Waals surface area contributed by atoms with E-state index in [4.69, 9.17) is 21.1 Å². The number of rotatable bonds is 7. The van der Waals surface area contributed by atoms with E-state index < -0.39 is 0 Å². The molecule has 0 saturated heterocycles. The van der Waals surface area contributed by atoms with Crippen molar-refractivity contribution in [1.29, 1.82) is 0 Å². The molecule has 1 aromatic carbocycles. The van der Waals surface area contributed by atoms with Gasteiger partial charge in [-0.3, -0.25) is 4.79 Å². The number of hydrogen-bond acceptors (Lipinski definition) is 4. The number of benzene rings is 1. The van der Waals surface area contributed by atoms with E-state index in [2.05, 4.69) is 31.4 Å². The Kier molecular flexibility index (Phi) is 7.57. The Morgan fingerprint density at radius 2 is 1.72 bits per heavy atom. The summed E-state index contributed by atoms with van der Waals surface area (Å²) >= 11 is 6.37. The standard InChI is InChI=1S/C19H31ClN2O3/c1-8-24-15-10-13(11-21-18(2,3)4)9-14(20)17(15)25-12-16(23)22-19(5,6)7/h9-10,21H,8,11-12H2,1-7H3,(H,22,23). The molecule has 0 radical (unpaired) electrons. The molecule has 0 bridgehead atoms. The number of halogens is 1. The highest BCUT2D eigenvalue weighted by Gasteiger charge is 2.18. The SMILES string of the molecule is CCOc1cc(CNC(C)(C)C)cc(Cl)c1OCC(=O)NC(C)(C)C. The van der Waals surface area contributed by atoms with Crippen LogP contribution in [0.2, 0.25) is 5.02 Å². The van der Waals surface area contributed by atoms with Crippen molar-refractivity contribution < 1.29 is 14.3 Å². The molecule has 142 valence electrons. The van der Waals surface area contributed by atoms with Gasteiger partial charge in [-0.05, 0) is 66.2 Å². The summed E-state index contributed by atoms with van der Waals surface area (Å²) in [5.41, 5.74) is 0.684. The monoisotopic (exact) mass is 370 g/mol. The van der Waals surface area contributed by atoms with Gasteiger partial charge in [0.15, 0.2) is 18.1 Å². The summed E-state index contributed by atoms with van der Waals surface area (Å²) in [5, 5.41) is 6.69. The van der Waals surface area contributed by atoms with Crippen LogP contribution in [-0.2, 0) is 11.3 Å². The van der Waals surface area contributed by atoms with Gasteiger partial charge >= 0.3 is 0 Å². The lowest BCUT2D eigenvalue weighted by Crippen LogP contribution is -2.43. The molecule has 25 heavy (non-hydrogen) atoms. The highest BCUT2D eigenvalue weighted by atomic mass is 35.5. The van der Waals surface area contributed by atoms with Crippen molar-refractivity contribution in [1.82, 2.24) is 10.6 Å². The zero-order valence-electron chi connectivity index (χ0n) is 16.4. The maximum atomic E-state index is 12.0. The fourth-order valence-electron chi connectivity index (χ4n) is 2.09. The smallest absolute Gasteiger partial charge is 0.258 e. The van der Waals surface area contributed by atoms with Gasteiger partial charge in [-0.1, -0.05) is 11.6 Å². The zero-order valence-corrected chi connectivity index (χ0v) is 17.1. The van der Waals surface area contributed by atoms with Gasteiger partial charge in [-0.25, -0.2) is 0 Å². The van der Waals surface area contributed by atoms with Crippen LogP contribution in [0.5, 0.6) is 11.5 Å². The van der Waals surface area contributed by atoms with E-state index in [9.17, 15) is 4.79 Å². The first-order chi connectivity index (χ1) is 11.4. The van der Waals surface area contributed by atoms with Crippen LogP contribution in [0.4, 0.5) is 0 Å². The van der Waals surface area contributed by atoms with E-state index in [1.165, 1.54) is 0 Å². The van der Waals surface area contributed by atoms with Crippen molar-refractivity contribution in [3.05, 3.63) is 22.7 Å². The van der Waals surface area contributed by atoms with Crippen molar-refractivity contribution >= 4 is 17.5 Å². The molecule has 0 unspecified atom stereocenters. The molecule has 2 N–H and O–H groups in total. The van der Waals surface area contributed by atoms with Gasteiger partial charge < -0.3 is 20.1 Å². The fourth-order valence-corrected chi connectivity index (χ4v) is 2.37. The molecule has 0 aliphatic carbocycles. The molecule has 1 rings (SSSR count). The van der Waals surface area contributed by atoms with Crippen LogP contribution in [0.3, 0.4) is 0 Å². The maximum Gasteiger partial charge on any atom is 0.258 e. The lowest BCUT2D eigenvalue weighted by molar-refractivity contribution is -0.124. The van der Waals surface area contributed by atoms with E-state index in [1.807, 2.05) is 39.8 Å². The van der Waals surface area contributed by atoms with E-state index >= 15 is 0 Å². The molecule has 0 spiro atoms. The lowest BCUT2D eigenvalue weighted by atomic mass is 10.1. The Morgan fingerprint density at radius 3 is 2.24 bits per heavy atom. The van der Waals surface area contributed by atoms with Gasteiger partial charge in [0.2, 0.25) is 0 Å². The second-order valence-corrected chi connectivity index (χ2v) is 8.44. The molecule has 0 atom stereocenters. The molecule has 0 heterocycles. The van der Waals surface area contributed by atoms with Crippen molar-refractivity contribution in [3.8, 4) is 11.5 Å². The van der Waals surface area contributed by atoms with Crippen LogP contribution in [0, 0.1) is 0 Å². The number of hydrogen-bond donors (Lipinski definition) is 2. The second-order valence-electron chi connectivity index (χ2n) is 8.03. The van der Waals surface area contributed by atoms with Gasteiger partial charge in [0.1, 0.15) is 0 Å². The minimum Gasteiger partial charge on any atom is -0.490 e. The van der Waals surface area contributed by atoms with E-state index in [0.29, 0.717) is 29.7 Å². The number of amides is 1. The van der Waals surface area contributed by atoms with Gasteiger partial charge in [0.25, 0.3) is 5.91 Å². The Hall–Kier alpha value is -1.46. The third-order valence-corrected chi connectivity index (χ3v) is 3.33. The molecule has 5 nitrogen and oxygen atoms in total. The third-order valence-electron chi connectivity index (χ3n) is 3.05. The van der Waals surface area contributed by atoms with Crippen molar-refractivity contribution in [3.63, 3.8) is 0 Å². The zero-order chi connectivity index (χ0) is 19.3. The molecule has 0 aromatic heterocycles. The van der Waals surface area contributed by atoms with Crippen LogP contribution >= 0.6 is 11.6 Å². The number of carbonyl (C=O) groups excluding carboxylic acids is 1. The van der Waals surface area contributed by atoms with Crippen LogP contribution < -0.4 is 20.1 Å². The van der Waals surface area contributed by atoms with Gasteiger partial charge in [-0.2, -0.15) is 0 Å². The van der Waals surface area contributed by atoms with Crippen LogP contribution in [0.25, 0.3) is 0 Å². The number of carbonyl (C=O) groups is 1. The van der Waals surface area contributed by atoms with Gasteiger partial charge in [0.05, 0.1) is 11.6 Å². The molecule has 6 heteroatoms. The minimum atomic E-state index is -0.310. The first-order valence-electron chi connectivity index (χ1n) is 8.55. The summed E-state index contributed by atoms with van der Waals surface area (Å²) in [6.45, 7) is 15.0. The Bertz CT molecular complexity index is 590. The number of ether oxygens (including phenoxy) is 2. The quantitative estimate of drug-likeness (QED) is 0.763. The predicted molar refractivity (Wildman–Crippen MR) is 103 cm³/mol. The summed E-state index contributed by atoms with van der Waals surface area (Å²) in [5.74, 6) is 0.737. The second kappa shape index (κ2) is 8.77. The van der Waals surface area contributed by atoms with E-state index in [1.54, 1.807) is 0 Å². The first kappa shape index (κ1) is 21.6. The summed E-state index contributed by atoms with van der Waals surface area (Å²) in [6, 6.07) is 3.73. The van der Waals surface area contributed by atoms with Crippen LogP contribution in [0.1, 0.15) is 54.0 Å². The topological polar surface area (TPSA) is 59.6 Å². The van der Waals surface area contributed by atoms with E-state index in [-0.39, 0.29) is 23.6 Å². The normalized spacial score (nSPS) is 12.0. The van der Waals surface area contributed by atoms with Crippen molar-refractivity contribution in [2.45, 2.75) is 66.1 Å². The molecule has 1 amide bonds. The summed E-state index contributed by atoms with van der Waals surface area (Å²) in [6.07, 6.45) is 0. The molecule has 0 saturated carbocycles. The number of nitrogens with one attached hydrogen (secondary N) is 2. The Labute approximate surface area is 156 Å². The molecule has 0 aliphatic heterocycles. The molecule has 0 fully saturated rings. The average molecular weight is 371 g/mol. The lowest BCUT2D eigenvalue weighted by Gasteiger charge is -2.22. The third kappa shape index (κ3) is 8.45. The van der Waals surface area contributed by atoms with Crippen molar-refractivity contribution in [2.24, 2.45) is 0 Å². The minimum absolute atomic E-state index is 0.00152. The molecule has 0 aliphatic rings. The highest BCUT2D eigenvalue weighted by Crippen LogP contribution is 2.36. The van der Waals surface area contributed by atoms with Crippen LogP contribution in [0.15, 0.2) is 12.1 Å². The van der Waals surface area contributed by atoms with Gasteiger partial charge in [-0.15, -0.1) is 0 Å². The molecular formula is C19H31ClN2O3. The maximum absolute atomic E-state index is 12.0. The molecular weight excluding hydrogens is 340 g/mol. The first-order valence-corrected chi connectivity index (χ1v) is 8.93. The summed E-state index contributed by atoms with van der Waals surface area (Å²) in [4.78, 5) is 12.0. The Balaban J connectivity index is 2.89. The predicted octanol–water partition coefficient (Wildman–Crippen LogP) is 3.92. The van der Waals surface area contributed by atoms with Crippen LogP contribution in [-0.4, -0.2) is 30.2 Å². The van der Waals surface area contributed by atoms with E-state index in [0.717, 1.165) is 5.56 Å². The van der Waals surface area contributed by atoms with Gasteiger partial charge in [0, 0.05) is 17.6 Å².